The van der Waals surface area contributed by atoms with Gasteiger partial charge >= 0.3 is 0 Å². The van der Waals surface area contributed by atoms with Gasteiger partial charge in [0, 0.05) is 31.9 Å². The average Bonchev–Trinajstić information content (AvgIpc) is 3.08. The zero-order valence-corrected chi connectivity index (χ0v) is 18.4. The van der Waals surface area contributed by atoms with Gasteiger partial charge < -0.3 is 9.80 Å². The zero-order valence-electron chi connectivity index (χ0n) is 17.6. The fraction of sp³-hybridized carbons (Fsp3) is 0.478. The van der Waals surface area contributed by atoms with Crippen LogP contribution in [0.3, 0.4) is 0 Å². The Bertz CT molecular complexity index is 1000. The van der Waals surface area contributed by atoms with Gasteiger partial charge in [-0.25, -0.2) is 13.1 Å². The number of sulfonamides is 1. The Kier molecular flexibility index (Phi) is 5.69. The number of anilines is 1. The molecular formula is C23H31N3O2S. The molecular weight excluding hydrogens is 382 g/mol. The fourth-order valence-corrected chi connectivity index (χ4v) is 5.63. The first-order chi connectivity index (χ1) is 13.8. The van der Waals surface area contributed by atoms with Crippen LogP contribution in [-0.2, 0) is 29.3 Å². The highest BCUT2D eigenvalue weighted by atomic mass is 32.2. The summed E-state index contributed by atoms with van der Waals surface area (Å²) in [6.07, 6.45) is 5.40. The first-order valence-corrected chi connectivity index (χ1v) is 12.0. The number of fused-ring (bicyclic) bond motifs is 2. The molecule has 2 aromatic rings. The van der Waals surface area contributed by atoms with E-state index in [0.29, 0.717) is 11.4 Å². The van der Waals surface area contributed by atoms with Gasteiger partial charge in [0.05, 0.1) is 4.90 Å². The van der Waals surface area contributed by atoms with Gasteiger partial charge in [-0.2, -0.15) is 0 Å². The van der Waals surface area contributed by atoms with E-state index in [4.69, 9.17) is 0 Å². The van der Waals surface area contributed by atoms with Crippen molar-refractivity contribution in [2.75, 3.05) is 39.1 Å². The van der Waals surface area contributed by atoms with Gasteiger partial charge in [0.25, 0.3) is 0 Å². The number of nitrogens with one attached hydrogen (secondary N) is 1. The second kappa shape index (κ2) is 8.09. The van der Waals surface area contributed by atoms with Gasteiger partial charge in [-0.05, 0) is 86.7 Å². The molecule has 5 nitrogen and oxygen atoms in total. The molecule has 0 aromatic heterocycles. The van der Waals surface area contributed by atoms with Crippen molar-refractivity contribution in [3.05, 3.63) is 58.7 Å². The minimum atomic E-state index is -3.54. The van der Waals surface area contributed by atoms with Crippen LogP contribution in [-0.4, -0.2) is 47.6 Å². The van der Waals surface area contributed by atoms with E-state index in [2.05, 4.69) is 39.8 Å². The molecule has 2 aromatic carbocycles. The highest BCUT2D eigenvalue weighted by molar-refractivity contribution is 7.89. The summed E-state index contributed by atoms with van der Waals surface area (Å²) in [5, 5.41) is 0. The van der Waals surface area contributed by atoms with Crippen LogP contribution in [0.25, 0.3) is 0 Å². The minimum absolute atomic E-state index is 0.0152. The van der Waals surface area contributed by atoms with Crippen LogP contribution in [0, 0.1) is 0 Å². The Balaban J connectivity index is 1.52. The average molecular weight is 414 g/mol. The lowest BCUT2D eigenvalue weighted by molar-refractivity contribution is 0.299. The van der Waals surface area contributed by atoms with Crippen LogP contribution in [0.15, 0.2) is 41.3 Å². The van der Waals surface area contributed by atoms with E-state index < -0.39 is 10.0 Å². The van der Waals surface area contributed by atoms with Crippen molar-refractivity contribution < 1.29 is 8.42 Å². The van der Waals surface area contributed by atoms with Crippen LogP contribution >= 0.6 is 0 Å². The summed E-state index contributed by atoms with van der Waals surface area (Å²) >= 11 is 0. The second-order valence-corrected chi connectivity index (χ2v) is 10.3. The van der Waals surface area contributed by atoms with Crippen molar-refractivity contribution in [2.24, 2.45) is 0 Å². The number of hydrogen-bond donors (Lipinski definition) is 1. The molecule has 0 spiro atoms. The molecule has 1 N–H and O–H groups in total. The van der Waals surface area contributed by atoms with Crippen LogP contribution in [0.2, 0.25) is 0 Å². The van der Waals surface area contributed by atoms with Crippen molar-refractivity contribution in [3.63, 3.8) is 0 Å². The van der Waals surface area contributed by atoms with Gasteiger partial charge in [0.15, 0.2) is 0 Å². The molecule has 1 heterocycles. The monoisotopic (exact) mass is 413 g/mol. The Morgan fingerprint density at radius 2 is 1.76 bits per heavy atom. The van der Waals surface area contributed by atoms with E-state index in [-0.39, 0.29) is 6.04 Å². The number of hydrogen-bond acceptors (Lipinski definition) is 4. The quantitative estimate of drug-likeness (QED) is 0.791. The number of aryl methyl sites for hydroxylation is 2. The van der Waals surface area contributed by atoms with Crippen molar-refractivity contribution in [1.29, 1.82) is 0 Å². The summed E-state index contributed by atoms with van der Waals surface area (Å²) in [6.45, 7) is 1.39. The van der Waals surface area contributed by atoms with E-state index in [1.165, 1.54) is 28.8 Å². The van der Waals surface area contributed by atoms with Crippen molar-refractivity contribution in [2.45, 2.75) is 43.0 Å². The third-order valence-electron chi connectivity index (χ3n) is 6.34. The molecule has 1 aliphatic heterocycles. The summed E-state index contributed by atoms with van der Waals surface area (Å²) in [5.74, 6) is 0. The van der Waals surface area contributed by atoms with Crippen molar-refractivity contribution in [3.8, 4) is 0 Å². The van der Waals surface area contributed by atoms with Gasteiger partial charge in [0.2, 0.25) is 10.0 Å². The van der Waals surface area contributed by atoms with Crippen molar-refractivity contribution in [1.82, 2.24) is 9.62 Å². The Labute approximate surface area is 174 Å². The molecule has 4 rings (SSSR count). The van der Waals surface area contributed by atoms with Gasteiger partial charge in [-0.1, -0.05) is 18.2 Å². The van der Waals surface area contributed by atoms with Gasteiger partial charge in [-0.3, -0.25) is 0 Å². The van der Waals surface area contributed by atoms with Crippen LogP contribution < -0.4 is 9.62 Å². The van der Waals surface area contributed by atoms with E-state index >= 15 is 0 Å². The van der Waals surface area contributed by atoms with Crippen molar-refractivity contribution >= 4 is 15.7 Å². The SMILES string of the molecule is CN1CCc2cc(C(CNS(=O)(=O)c3ccc4c(c3)CCCC4)N(C)C)ccc21. The molecule has 1 atom stereocenters. The van der Waals surface area contributed by atoms with Gasteiger partial charge in [-0.15, -0.1) is 0 Å². The smallest absolute Gasteiger partial charge is 0.240 e. The molecule has 2 aliphatic rings. The highest BCUT2D eigenvalue weighted by Crippen LogP contribution is 2.31. The maximum atomic E-state index is 13.0. The number of rotatable bonds is 6. The maximum Gasteiger partial charge on any atom is 0.240 e. The summed E-state index contributed by atoms with van der Waals surface area (Å²) < 4.78 is 28.8. The molecule has 0 amide bonds. The topological polar surface area (TPSA) is 52.7 Å². The number of benzene rings is 2. The standard InChI is InChI=1S/C23H31N3O2S/c1-25(2)23(19-9-11-22-20(14-19)12-13-26(22)3)16-24-29(27,28)21-10-8-17-6-4-5-7-18(17)15-21/h8-11,14-15,23-24H,4-7,12-13,16H2,1-3H3. The minimum Gasteiger partial charge on any atom is -0.374 e. The third-order valence-corrected chi connectivity index (χ3v) is 7.76. The Morgan fingerprint density at radius 1 is 1.00 bits per heavy atom. The predicted octanol–water partition coefficient (Wildman–Crippen LogP) is 3.14. The van der Waals surface area contributed by atoms with E-state index in [1.54, 1.807) is 6.07 Å². The Hall–Kier alpha value is -1.89. The highest BCUT2D eigenvalue weighted by Gasteiger charge is 2.23. The first kappa shape index (κ1) is 20.4. The first-order valence-electron chi connectivity index (χ1n) is 10.5. The molecule has 156 valence electrons. The molecule has 0 fully saturated rings. The molecule has 0 saturated carbocycles. The number of nitrogens with zero attached hydrogens (tertiary/aromatic N) is 2. The summed E-state index contributed by atoms with van der Waals surface area (Å²) in [4.78, 5) is 4.73. The van der Waals surface area contributed by atoms with E-state index in [0.717, 1.165) is 37.8 Å². The lowest BCUT2D eigenvalue weighted by atomic mass is 9.92. The lowest BCUT2D eigenvalue weighted by Crippen LogP contribution is -2.34. The fourth-order valence-electron chi connectivity index (χ4n) is 4.54. The van der Waals surface area contributed by atoms with E-state index in [9.17, 15) is 8.42 Å². The lowest BCUT2D eigenvalue weighted by Gasteiger charge is -2.26. The normalized spacial score (nSPS) is 17.3. The van der Waals surface area contributed by atoms with Crippen LogP contribution in [0.4, 0.5) is 5.69 Å². The largest absolute Gasteiger partial charge is 0.374 e. The number of likely N-dealkylation sites (N-methyl/N-ethyl adjacent to an activating group) is 2. The predicted molar refractivity (Wildman–Crippen MR) is 118 cm³/mol. The summed E-state index contributed by atoms with van der Waals surface area (Å²) in [6, 6.07) is 12.1. The molecule has 6 heteroatoms. The Morgan fingerprint density at radius 3 is 2.52 bits per heavy atom. The van der Waals surface area contributed by atoms with Gasteiger partial charge in [0.1, 0.15) is 0 Å². The van der Waals surface area contributed by atoms with Crippen LogP contribution in [0.1, 0.15) is 41.1 Å². The molecule has 0 saturated heterocycles. The van der Waals surface area contributed by atoms with E-state index in [1.807, 2.05) is 26.2 Å². The molecule has 1 unspecified atom stereocenters. The molecule has 0 radical (unpaired) electrons. The summed E-state index contributed by atoms with van der Waals surface area (Å²) in [5.41, 5.74) is 6.25. The summed E-state index contributed by atoms with van der Waals surface area (Å²) in [7, 11) is 2.57. The van der Waals surface area contributed by atoms with Crippen LogP contribution in [0.5, 0.6) is 0 Å². The molecule has 0 bridgehead atoms. The maximum absolute atomic E-state index is 13.0. The molecule has 29 heavy (non-hydrogen) atoms. The second-order valence-electron chi connectivity index (χ2n) is 8.53. The third kappa shape index (κ3) is 4.20. The molecule has 1 aliphatic carbocycles. The zero-order chi connectivity index (χ0) is 20.6.